The minimum absolute atomic E-state index is 0.140. The molecule has 1 N–H and O–H groups in total. The minimum Gasteiger partial charge on any atom is -0.454 e. The Labute approximate surface area is 149 Å². The molecule has 26 heavy (non-hydrogen) atoms. The Balaban J connectivity index is 1.56. The van der Waals surface area contributed by atoms with Crippen molar-refractivity contribution in [2.24, 2.45) is 0 Å². The average molecular weight is 348 g/mol. The van der Waals surface area contributed by atoms with E-state index in [1.807, 2.05) is 16.7 Å². The third-order valence-electron chi connectivity index (χ3n) is 5.00. The average Bonchev–Trinajstić information content (AvgIpc) is 3.22. The molecule has 0 aliphatic carbocycles. The molecule has 130 valence electrons. The van der Waals surface area contributed by atoms with Gasteiger partial charge in [-0.1, -0.05) is 12.1 Å². The summed E-state index contributed by atoms with van der Waals surface area (Å²) in [5.74, 6) is 0.794. The lowest BCUT2D eigenvalue weighted by Gasteiger charge is -2.13. The Hall–Kier alpha value is -3.28. The van der Waals surface area contributed by atoms with Gasteiger partial charge in [-0.05, 0) is 37.1 Å². The fraction of sp³-hybridized carbons (Fsp3) is 0.200. The summed E-state index contributed by atoms with van der Waals surface area (Å²) in [4.78, 5) is 25.6. The van der Waals surface area contributed by atoms with Crippen LogP contribution in [0.4, 0.5) is 5.69 Å². The van der Waals surface area contributed by atoms with Crippen molar-refractivity contribution in [3.8, 4) is 11.5 Å². The second-order valence-electron chi connectivity index (χ2n) is 6.67. The van der Waals surface area contributed by atoms with Crippen LogP contribution < -0.4 is 20.2 Å². The number of benzene rings is 2. The lowest BCUT2D eigenvalue weighted by molar-refractivity contribution is 0.102. The number of carbonyl (C=O) groups excluding carboxylic acids is 1. The predicted octanol–water partition coefficient (Wildman–Crippen LogP) is 3.10. The van der Waals surface area contributed by atoms with Gasteiger partial charge >= 0.3 is 0 Å². The summed E-state index contributed by atoms with van der Waals surface area (Å²) in [5, 5.41) is 3.38. The van der Waals surface area contributed by atoms with Crippen LogP contribution in [0.5, 0.6) is 11.5 Å². The molecule has 6 nitrogen and oxygen atoms in total. The number of aromatic nitrogens is 1. The van der Waals surface area contributed by atoms with Crippen LogP contribution in [0.2, 0.25) is 0 Å². The van der Waals surface area contributed by atoms with Crippen LogP contribution in [0.25, 0.3) is 10.9 Å². The van der Waals surface area contributed by atoms with Gasteiger partial charge < -0.3 is 19.4 Å². The van der Waals surface area contributed by atoms with Crippen LogP contribution in [0.3, 0.4) is 0 Å². The number of hydrogen-bond acceptors (Lipinski definition) is 4. The number of fused-ring (bicyclic) bond motifs is 1. The third-order valence-corrected chi connectivity index (χ3v) is 5.00. The van der Waals surface area contributed by atoms with E-state index in [2.05, 4.69) is 12.2 Å². The normalized spacial score (nSPS) is 16.9. The number of pyridine rings is 1. The van der Waals surface area contributed by atoms with E-state index in [0.29, 0.717) is 22.6 Å². The Kier molecular flexibility index (Phi) is 3.09. The van der Waals surface area contributed by atoms with Gasteiger partial charge in [0.2, 0.25) is 12.2 Å². The van der Waals surface area contributed by atoms with Crippen molar-refractivity contribution in [1.29, 1.82) is 0 Å². The Morgan fingerprint density at radius 2 is 2.04 bits per heavy atom. The Morgan fingerprint density at radius 3 is 2.92 bits per heavy atom. The van der Waals surface area contributed by atoms with Crippen molar-refractivity contribution in [3.05, 3.63) is 63.9 Å². The van der Waals surface area contributed by atoms with Crippen LogP contribution in [-0.2, 0) is 6.42 Å². The number of rotatable bonds is 2. The summed E-state index contributed by atoms with van der Waals surface area (Å²) < 4.78 is 12.6. The molecule has 2 aromatic carbocycles. The molecule has 0 fully saturated rings. The minimum atomic E-state index is -0.427. The largest absolute Gasteiger partial charge is 0.454 e. The zero-order valence-corrected chi connectivity index (χ0v) is 14.1. The van der Waals surface area contributed by atoms with Gasteiger partial charge in [0.15, 0.2) is 11.5 Å². The monoisotopic (exact) mass is 348 g/mol. The number of ether oxygens (including phenoxy) is 2. The number of anilines is 1. The summed E-state index contributed by atoms with van der Waals surface area (Å²) in [6.07, 6.45) is 2.54. The van der Waals surface area contributed by atoms with Crippen LogP contribution in [0.1, 0.15) is 28.9 Å². The third kappa shape index (κ3) is 2.12. The van der Waals surface area contributed by atoms with Gasteiger partial charge in [-0.2, -0.15) is 0 Å². The van der Waals surface area contributed by atoms with Crippen molar-refractivity contribution in [1.82, 2.24) is 4.57 Å². The molecule has 1 aromatic heterocycles. The smallest absolute Gasteiger partial charge is 0.261 e. The SMILES string of the molecule is C[C@H]1Cc2cccc3c(=O)c(C(=O)Nc4ccc5c(c4)OCO5)cn1c23. The van der Waals surface area contributed by atoms with Crippen LogP contribution in [0, 0.1) is 0 Å². The number of nitrogens with one attached hydrogen (secondary N) is 1. The van der Waals surface area contributed by atoms with Gasteiger partial charge in [0.25, 0.3) is 5.91 Å². The van der Waals surface area contributed by atoms with E-state index in [4.69, 9.17) is 9.47 Å². The van der Waals surface area contributed by atoms with Crippen molar-refractivity contribution >= 4 is 22.5 Å². The van der Waals surface area contributed by atoms with Crippen LogP contribution in [0.15, 0.2) is 47.4 Å². The number of carbonyl (C=O) groups is 1. The summed E-state index contributed by atoms with van der Waals surface area (Å²) in [6, 6.07) is 11.1. The fourth-order valence-corrected chi connectivity index (χ4v) is 3.75. The Bertz CT molecular complexity index is 1130. The lowest BCUT2D eigenvalue weighted by Crippen LogP contribution is -2.23. The Morgan fingerprint density at radius 1 is 1.19 bits per heavy atom. The van der Waals surface area contributed by atoms with Gasteiger partial charge in [-0.3, -0.25) is 9.59 Å². The van der Waals surface area contributed by atoms with Crippen LogP contribution in [-0.4, -0.2) is 17.3 Å². The van der Waals surface area contributed by atoms with E-state index in [9.17, 15) is 9.59 Å². The summed E-state index contributed by atoms with van der Waals surface area (Å²) in [5.41, 5.74) is 2.54. The molecule has 3 aromatic rings. The maximum Gasteiger partial charge on any atom is 0.261 e. The number of para-hydroxylation sites is 1. The summed E-state index contributed by atoms with van der Waals surface area (Å²) >= 11 is 0. The first-order valence-corrected chi connectivity index (χ1v) is 8.49. The first-order valence-electron chi connectivity index (χ1n) is 8.49. The highest BCUT2D eigenvalue weighted by Gasteiger charge is 2.24. The summed E-state index contributed by atoms with van der Waals surface area (Å²) in [6.45, 7) is 2.26. The van der Waals surface area contributed by atoms with E-state index < -0.39 is 5.91 Å². The molecule has 0 radical (unpaired) electrons. The zero-order valence-electron chi connectivity index (χ0n) is 14.1. The van der Waals surface area contributed by atoms with E-state index in [-0.39, 0.29) is 23.8 Å². The highest BCUT2D eigenvalue weighted by molar-refractivity contribution is 6.06. The maximum absolute atomic E-state index is 12.9. The molecule has 0 spiro atoms. The van der Waals surface area contributed by atoms with Crippen molar-refractivity contribution < 1.29 is 14.3 Å². The maximum atomic E-state index is 12.9. The topological polar surface area (TPSA) is 69.6 Å². The molecular weight excluding hydrogens is 332 g/mol. The molecule has 0 saturated carbocycles. The molecule has 3 heterocycles. The van der Waals surface area contributed by atoms with Crippen molar-refractivity contribution in [3.63, 3.8) is 0 Å². The molecule has 1 amide bonds. The van der Waals surface area contributed by atoms with E-state index in [1.165, 1.54) is 0 Å². The van der Waals surface area contributed by atoms with Crippen molar-refractivity contribution in [2.75, 3.05) is 12.1 Å². The number of hydrogen-bond donors (Lipinski definition) is 1. The van der Waals surface area contributed by atoms with Gasteiger partial charge in [0.1, 0.15) is 5.56 Å². The van der Waals surface area contributed by atoms with E-state index >= 15 is 0 Å². The van der Waals surface area contributed by atoms with Gasteiger partial charge in [0.05, 0.1) is 5.52 Å². The molecule has 1 atom stereocenters. The van der Waals surface area contributed by atoms with E-state index in [0.717, 1.165) is 17.5 Å². The van der Waals surface area contributed by atoms with Gasteiger partial charge in [-0.15, -0.1) is 0 Å². The highest BCUT2D eigenvalue weighted by Crippen LogP contribution is 2.34. The van der Waals surface area contributed by atoms with Gasteiger partial charge in [0, 0.05) is 29.4 Å². The van der Waals surface area contributed by atoms with Crippen molar-refractivity contribution in [2.45, 2.75) is 19.4 Å². The standard InChI is InChI=1S/C20H16N2O4/c1-11-7-12-3-2-4-14-18(12)22(11)9-15(19(14)23)20(24)21-13-5-6-16-17(8-13)26-10-25-16/h2-6,8-9,11H,7,10H2,1H3,(H,21,24)/t11-/m0/s1. The van der Waals surface area contributed by atoms with Gasteiger partial charge in [-0.25, -0.2) is 0 Å². The molecular formula is C20H16N2O4. The first kappa shape index (κ1) is 15.0. The molecule has 0 saturated heterocycles. The molecule has 5 rings (SSSR count). The molecule has 0 unspecified atom stereocenters. The molecule has 2 aliphatic heterocycles. The quantitative estimate of drug-likeness (QED) is 0.773. The fourth-order valence-electron chi connectivity index (χ4n) is 3.75. The predicted molar refractivity (Wildman–Crippen MR) is 97.1 cm³/mol. The second kappa shape index (κ2) is 5.36. The zero-order chi connectivity index (χ0) is 17.8. The molecule has 2 aliphatic rings. The molecule has 6 heteroatoms. The highest BCUT2D eigenvalue weighted by atomic mass is 16.7. The first-order chi connectivity index (χ1) is 12.6. The summed E-state index contributed by atoms with van der Waals surface area (Å²) in [7, 11) is 0. The van der Waals surface area contributed by atoms with Crippen LogP contribution >= 0.6 is 0 Å². The van der Waals surface area contributed by atoms with E-state index in [1.54, 1.807) is 30.5 Å². The lowest BCUT2D eigenvalue weighted by atomic mass is 10.1. The number of amides is 1. The second-order valence-corrected chi connectivity index (χ2v) is 6.67. The number of nitrogens with zero attached hydrogens (tertiary/aromatic N) is 1. The molecule has 0 bridgehead atoms.